The maximum Gasteiger partial charge on any atom is 0.411 e. The number of anilines is 2. The van der Waals surface area contributed by atoms with Crippen LogP contribution >= 0.6 is 0 Å². The fraction of sp³-hybridized carbons (Fsp3) is 0.476. The molecule has 1 fully saturated rings. The van der Waals surface area contributed by atoms with Gasteiger partial charge < -0.3 is 19.7 Å². The Bertz CT molecular complexity index is 798. The van der Waals surface area contributed by atoms with E-state index in [-0.39, 0.29) is 18.4 Å². The lowest BCUT2D eigenvalue weighted by Crippen LogP contribution is -2.50. The highest BCUT2D eigenvalue weighted by Gasteiger charge is 2.33. The Morgan fingerprint density at radius 3 is 2.55 bits per heavy atom. The van der Waals surface area contributed by atoms with Crippen molar-refractivity contribution in [2.24, 2.45) is 0 Å². The number of hydrogen-bond acceptors (Lipinski definition) is 5. The average Bonchev–Trinajstić information content (AvgIpc) is 2.68. The zero-order valence-corrected chi connectivity index (χ0v) is 17.0. The minimum absolute atomic E-state index is 0.0776. The van der Waals surface area contributed by atoms with Gasteiger partial charge in [0.25, 0.3) is 5.91 Å². The molecule has 0 saturated carbocycles. The molecular weight excluding hydrogens is 374 g/mol. The molecule has 1 saturated heterocycles. The second kappa shape index (κ2) is 8.65. The first-order valence-corrected chi connectivity index (χ1v) is 9.68. The molecule has 0 unspecified atom stereocenters. The molecule has 0 spiro atoms. The van der Waals surface area contributed by atoms with Gasteiger partial charge >= 0.3 is 6.09 Å². The van der Waals surface area contributed by atoms with Crippen LogP contribution in [0.15, 0.2) is 36.4 Å². The lowest BCUT2D eigenvalue weighted by molar-refractivity contribution is -0.125. The summed E-state index contributed by atoms with van der Waals surface area (Å²) in [6.45, 7) is 6.78. The Morgan fingerprint density at radius 1 is 1.17 bits per heavy atom. The smallest absolute Gasteiger partial charge is 0.411 e. The van der Waals surface area contributed by atoms with Gasteiger partial charge in [0.05, 0.1) is 6.61 Å². The summed E-state index contributed by atoms with van der Waals surface area (Å²) in [6.07, 6.45) is 3.65. The van der Waals surface area contributed by atoms with Crippen LogP contribution in [0.4, 0.5) is 16.2 Å². The van der Waals surface area contributed by atoms with Crippen molar-refractivity contribution in [1.29, 1.82) is 0 Å². The van der Waals surface area contributed by atoms with Crippen LogP contribution in [-0.4, -0.2) is 60.8 Å². The minimum Gasteiger partial charge on any atom is -0.444 e. The van der Waals surface area contributed by atoms with Crippen molar-refractivity contribution in [3.05, 3.63) is 36.4 Å². The molecule has 0 aromatic heterocycles. The quantitative estimate of drug-likeness (QED) is 0.787. The highest BCUT2D eigenvalue weighted by Crippen LogP contribution is 2.22. The van der Waals surface area contributed by atoms with Crippen LogP contribution in [0.2, 0.25) is 0 Å². The van der Waals surface area contributed by atoms with Crippen molar-refractivity contribution < 1.29 is 23.9 Å². The summed E-state index contributed by atoms with van der Waals surface area (Å²) in [5.74, 6) is -0.370. The van der Waals surface area contributed by atoms with E-state index in [2.05, 4.69) is 5.32 Å². The van der Waals surface area contributed by atoms with Gasteiger partial charge in [-0.2, -0.15) is 0 Å². The number of nitrogens with zero attached hydrogens (tertiary/aromatic N) is 2. The normalized spacial score (nSPS) is 19.8. The maximum absolute atomic E-state index is 12.8. The molecule has 3 rings (SSSR count). The van der Waals surface area contributed by atoms with Gasteiger partial charge in [-0.1, -0.05) is 12.2 Å². The highest BCUT2D eigenvalue weighted by atomic mass is 16.6. The van der Waals surface area contributed by atoms with Crippen LogP contribution < -0.4 is 10.2 Å². The van der Waals surface area contributed by atoms with Crippen molar-refractivity contribution in [3.8, 4) is 0 Å². The Labute approximate surface area is 170 Å². The van der Waals surface area contributed by atoms with Gasteiger partial charge in [-0.15, -0.1) is 0 Å². The van der Waals surface area contributed by atoms with Gasteiger partial charge in [0.2, 0.25) is 5.91 Å². The molecule has 0 radical (unpaired) electrons. The average molecular weight is 401 g/mol. The molecule has 156 valence electrons. The van der Waals surface area contributed by atoms with Crippen molar-refractivity contribution in [3.63, 3.8) is 0 Å². The zero-order valence-electron chi connectivity index (χ0n) is 17.0. The summed E-state index contributed by atoms with van der Waals surface area (Å²) in [6, 6.07) is 6.41. The molecule has 2 aliphatic heterocycles. The predicted octanol–water partition coefficient (Wildman–Crippen LogP) is 2.55. The molecule has 1 aromatic carbocycles. The molecule has 29 heavy (non-hydrogen) atoms. The molecule has 1 atom stereocenters. The van der Waals surface area contributed by atoms with Crippen LogP contribution in [0.5, 0.6) is 0 Å². The standard InChI is InChI=1S/C21H27N3O5/c1-21(2,3)29-20(27)24-11-5-4-6-17(24)19(26)22-15-7-9-16(10-8-15)23-12-13-28-14-18(23)25/h4-5,7-10,17H,6,11-14H2,1-3H3,(H,22,26)/t17-/m0/s1. The second-order valence-electron chi connectivity index (χ2n) is 7.99. The summed E-state index contributed by atoms with van der Waals surface area (Å²) >= 11 is 0. The number of carbonyl (C=O) groups excluding carboxylic acids is 3. The first kappa shape index (κ1) is 20.9. The predicted molar refractivity (Wildman–Crippen MR) is 109 cm³/mol. The molecule has 0 bridgehead atoms. The van der Waals surface area contributed by atoms with E-state index < -0.39 is 17.7 Å². The van der Waals surface area contributed by atoms with E-state index in [0.717, 1.165) is 5.69 Å². The van der Waals surface area contributed by atoms with E-state index in [1.807, 2.05) is 12.2 Å². The Balaban J connectivity index is 1.66. The monoisotopic (exact) mass is 401 g/mol. The SMILES string of the molecule is CC(C)(C)OC(=O)N1CC=CC[C@H]1C(=O)Nc1ccc(N2CCOCC2=O)cc1. The van der Waals surface area contributed by atoms with Gasteiger partial charge in [0.15, 0.2) is 0 Å². The molecule has 2 heterocycles. The van der Waals surface area contributed by atoms with Gasteiger partial charge in [-0.25, -0.2) is 4.79 Å². The third kappa shape index (κ3) is 5.35. The topological polar surface area (TPSA) is 88.2 Å². The summed E-state index contributed by atoms with van der Waals surface area (Å²) in [5.41, 5.74) is 0.719. The van der Waals surface area contributed by atoms with E-state index in [1.165, 1.54) is 4.90 Å². The van der Waals surface area contributed by atoms with Crippen LogP contribution in [0.3, 0.4) is 0 Å². The van der Waals surface area contributed by atoms with Gasteiger partial charge in [0.1, 0.15) is 18.2 Å². The third-order valence-electron chi connectivity index (χ3n) is 4.57. The van der Waals surface area contributed by atoms with E-state index in [9.17, 15) is 14.4 Å². The lowest BCUT2D eigenvalue weighted by Gasteiger charge is -2.33. The first-order chi connectivity index (χ1) is 13.7. The number of hydrogen-bond donors (Lipinski definition) is 1. The molecule has 8 heteroatoms. The molecule has 8 nitrogen and oxygen atoms in total. The fourth-order valence-corrected chi connectivity index (χ4v) is 3.18. The van der Waals surface area contributed by atoms with E-state index in [1.54, 1.807) is 49.9 Å². The fourth-order valence-electron chi connectivity index (χ4n) is 3.18. The summed E-state index contributed by atoms with van der Waals surface area (Å²) in [5, 5.41) is 2.85. The van der Waals surface area contributed by atoms with Crippen LogP contribution in [-0.2, 0) is 19.1 Å². The number of benzene rings is 1. The second-order valence-corrected chi connectivity index (χ2v) is 7.99. The van der Waals surface area contributed by atoms with Crippen molar-refractivity contribution in [1.82, 2.24) is 4.90 Å². The summed E-state index contributed by atoms with van der Waals surface area (Å²) in [4.78, 5) is 40.3. The molecule has 2 aliphatic rings. The third-order valence-corrected chi connectivity index (χ3v) is 4.57. The number of carbonyl (C=O) groups is 3. The molecule has 0 aliphatic carbocycles. The van der Waals surface area contributed by atoms with Gasteiger partial charge in [-0.3, -0.25) is 14.5 Å². The first-order valence-electron chi connectivity index (χ1n) is 9.68. The van der Waals surface area contributed by atoms with Crippen molar-refractivity contribution in [2.45, 2.75) is 38.8 Å². The summed E-state index contributed by atoms with van der Waals surface area (Å²) in [7, 11) is 0. The number of nitrogens with one attached hydrogen (secondary N) is 1. The maximum atomic E-state index is 12.8. The Morgan fingerprint density at radius 2 is 1.90 bits per heavy atom. The zero-order chi connectivity index (χ0) is 21.0. The van der Waals surface area contributed by atoms with E-state index >= 15 is 0 Å². The molecular formula is C21H27N3O5. The van der Waals surface area contributed by atoms with E-state index in [4.69, 9.17) is 9.47 Å². The molecule has 3 amide bonds. The van der Waals surface area contributed by atoms with Crippen LogP contribution in [0.25, 0.3) is 0 Å². The van der Waals surface area contributed by atoms with Crippen LogP contribution in [0, 0.1) is 0 Å². The Hall–Kier alpha value is -2.87. The van der Waals surface area contributed by atoms with Gasteiger partial charge in [-0.05, 0) is 51.5 Å². The summed E-state index contributed by atoms with van der Waals surface area (Å²) < 4.78 is 10.6. The van der Waals surface area contributed by atoms with E-state index in [0.29, 0.717) is 31.8 Å². The number of rotatable bonds is 3. The number of ether oxygens (including phenoxy) is 2. The minimum atomic E-state index is -0.643. The molecule has 1 N–H and O–H groups in total. The van der Waals surface area contributed by atoms with Crippen molar-refractivity contribution in [2.75, 3.05) is 36.5 Å². The van der Waals surface area contributed by atoms with Gasteiger partial charge in [0, 0.05) is 24.5 Å². The lowest BCUT2D eigenvalue weighted by atomic mass is 10.1. The largest absolute Gasteiger partial charge is 0.444 e. The van der Waals surface area contributed by atoms with Crippen LogP contribution in [0.1, 0.15) is 27.2 Å². The van der Waals surface area contributed by atoms with Crippen molar-refractivity contribution >= 4 is 29.3 Å². The molecule has 1 aromatic rings. The number of amides is 3. The Kier molecular flexibility index (Phi) is 6.22. The number of morpholine rings is 1. The highest BCUT2D eigenvalue weighted by molar-refractivity contribution is 5.98.